The summed E-state index contributed by atoms with van der Waals surface area (Å²) in [6.45, 7) is 2.54. The highest BCUT2D eigenvalue weighted by molar-refractivity contribution is 6.03. The number of methoxy groups -OCH3 is 2. The molecule has 114 valence electrons. The first-order valence-corrected chi connectivity index (χ1v) is 6.59. The van der Waals surface area contributed by atoms with Gasteiger partial charge >= 0.3 is 0 Å². The zero-order valence-corrected chi connectivity index (χ0v) is 12.3. The Morgan fingerprint density at radius 2 is 2.10 bits per heavy atom. The molecule has 7 nitrogen and oxygen atoms in total. The fourth-order valence-corrected chi connectivity index (χ4v) is 2.28. The molecule has 1 aliphatic heterocycles. The van der Waals surface area contributed by atoms with Gasteiger partial charge in [-0.15, -0.1) is 0 Å². The van der Waals surface area contributed by atoms with Crippen LogP contribution in [0.15, 0.2) is 12.1 Å². The predicted octanol–water partition coefficient (Wildman–Crippen LogP) is 0.246. The van der Waals surface area contributed by atoms with Crippen LogP contribution in [0.3, 0.4) is 0 Å². The minimum absolute atomic E-state index is 0.178. The first-order valence-electron chi connectivity index (χ1n) is 6.59. The lowest BCUT2D eigenvalue weighted by atomic mass is 10.1. The Labute approximate surface area is 123 Å². The highest BCUT2D eigenvalue weighted by Gasteiger charge is 2.31. The van der Waals surface area contributed by atoms with Crippen molar-refractivity contribution in [3.63, 3.8) is 0 Å². The Kier molecular flexibility index (Phi) is 4.21. The van der Waals surface area contributed by atoms with Crippen LogP contribution in [0.1, 0.15) is 17.3 Å². The molecule has 1 aromatic carbocycles. The van der Waals surface area contributed by atoms with Crippen LogP contribution in [-0.4, -0.2) is 50.1 Å². The van der Waals surface area contributed by atoms with E-state index in [0.717, 1.165) is 0 Å². The number of nitrogen functional groups attached to an aromatic ring is 1. The van der Waals surface area contributed by atoms with Crippen molar-refractivity contribution in [2.75, 3.05) is 33.0 Å². The van der Waals surface area contributed by atoms with Gasteiger partial charge in [0.25, 0.3) is 5.91 Å². The molecule has 1 saturated heterocycles. The van der Waals surface area contributed by atoms with Crippen molar-refractivity contribution in [1.82, 2.24) is 10.2 Å². The van der Waals surface area contributed by atoms with Crippen LogP contribution in [0.4, 0.5) is 5.69 Å². The van der Waals surface area contributed by atoms with Gasteiger partial charge in [0.15, 0.2) is 0 Å². The fraction of sp³-hybridized carbons (Fsp3) is 0.429. The van der Waals surface area contributed by atoms with Crippen molar-refractivity contribution >= 4 is 17.5 Å². The molecule has 1 fully saturated rings. The van der Waals surface area contributed by atoms with Gasteiger partial charge in [-0.1, -0.05) is 0 Å². The molecule has 1 heterocycles. The van der Waals surface area contributed by atoms with Crippen molar-refractivity contribution in [3.8, 4) is 11.5 Å². The molecule has 0 aliphatic carbocycles. The number of anilines is 1. The number of nitrogens with two attached hydrogens (primary N) is 1. The van der Waals surface area contributed by atoms with E-state index in [1.807, 2.05) is 0 Å². The number of carbonyl (C=O) groups is 2. The Balaban J connectivity index is 2.40. The number of amides is 2. The van der Waals surface area contributed by atoms with Crippen molar-refractivity contribution < 1.29 is 19.1 Å². The van der Waals surface area contributed by atoms with E-state index in [1.54, 1.807) is 19.1 Å². The lowest BCUT2D eigenvalue weighted by molar-refractivity contribution is -0.127. The van der Waals surface area contributed by atoms with Crippen LogP contribution in [0, 0.1) is 0 Å². The van der Waals surface area contributed by atoms with Gasteiger partial charge in [-0.2, -0.15) is 0 Å². The number of carbonyl (C=O) groups excluding carboxylic acids is 2. The number of nitrogens with zero attached hydrogens (tertiary/aromatic N) is 1. The zero-order valence-electron chi connectivity index (χ0n) is 12.3. The van der Waals surface area contributed by atoms with Gasteiger partial charge in [-0.05, 0) is 13.0 Å². The minimum atomic E-state index is -0.539. The van der Waals surface area contributed by atoms with E-state index in [9.17, 15) is 9.59 Å². The summed E-state index contributed by atoms with van der Waals surface area (Å²) in [6.07, 6.45) is 0. The zero-order chi connectivity index (χ0) is 15.6. The van der Waals surface area contributed by atoms with Crippen LogP contribution < -0.4 is 20.5 Å². The Morgan fingerprint density at radius 3 is 2.71 bits per heavy atom. The van der Waals surface area contributed by atoms with E-state index < -0.39 is 6.04 Å². The van der Waals surface area contributed by atoms with Gasteiger partial charge in [-0.25, -0.2) is 0 Å². The summed E-state index contributed by atoms with van der Waals surface area (Å²) >= 11 is 0. The van der Waals surface area contributed by atoms with Crippen LogP contribution in [0.5, 0.6) is 11.5 Å². The standard InChI is InChI=1S/C14H19N3O4/c1-8-13(18)16-4-5-17(8)14(19)10-6-9(20-2)7-11(21-3)12(10)15/h6-8H,4-5,15H2,1-3H3,(H,16,18). The molecule has 0 bridgehead atoms. The van der Waals surface area contributed by atoms with Gasteiger partial charge in [0.05, 0.1) is 25.5 Å². The van der Waals surface area contributed by atoms with E-state index in [1.165, 1.54) is 19.1 Å². The Morgan fingerprint density at radius 1 is 1.38 bits per heavy atom. The molecule has 0 saturated carbocycles. The SMILES string of the molecule is COc1cc(OC)c(N)c(C(=O)N2CCNC(=O)C2C)c1. The summed E-state index contributed by atoms with van der Waals surface area (Å²) in [6, 6.07) is 2.63. The van der Waals surface area contributed by atoms with Crippen LogP contribution in [0.2, 0.25) is 0 Å². The number of rotatable bonds is 3. The maximum Gasteiger partial charge on any atom is 0.256 e. The maximum absolute atomic E-state index is 12.7. The van der Waals surface area contributed by atoms with Crippen molar-refractivity contribution in [2.24, 2.45) is 0 Å². The monoisotopic (exact) mass is 293 g/mol. The number of benzene rings is 1. The van der Waals surface area contributed by atoms with Crippen LogP contribution >= 0.6 is 0 Å². The molecule has 3 N–H and O–H groups in total. The van der Waals surface area contributed by atoms with Crippen molar-refractivity contribution in [3.05, 3.63) is 17.7 Å². The van der Waals surface area contributed by atoms with E-state index in [2.05, 4.69) is 5.32 Å². The fourth-order valence-electron chi connectivity index (χ4n) is 2.28. The summed E-state index contributed by atoms with van der Waals surface area (Å²) in [4.78, 5) is 25.8. The number of hydrogen-bond acceptors (Lipinski definition) is 5. The molecular weight excluding hydrogens is 274 g/mol. The molecule has 1 aliphatic rings. The second kappa shape index (κ2) is 5.90. The van der Waals surface area contributed by atoms with E-state index in [0.29, 0.717) is 24.6 Å². The third-order valence-corrected chi connectivity index (χ3v) is 3.56. The van der Waals surface area contributed by atoms with Crippen molar-refractivity contribution in [1.29, 1.82) is 0 Å². The average molecular weight is 293 g/mol. The maximum atomic E-state index is 12.7. The molecule has 2 rings (SSSR count). The molecule has 7 heteroatoms. The second-order valence-corrected chi connectivity index (χ2v) is 4.76. The molecular formula is C14H19N3O4. The number of piperazine rings is 1. The van der Waals surface area contributed by atoms with Gasteiger partial charge in [0.1, 0.15) is 17.5 Å². The Hall–Kier alpha value is -2.44. The predicted molar refractivity (Wildman–Crippen MR) is 77.5 cm³/mol. The summed E-state index contributed by atoms with van der Waals surface area (Å²) in [7, 11) is 2.96. The molecule has 0 aromatic heterocycles. The first kappa shape index (κ1) is 15.0. The van der Waals surface area contributed by atoms with E-state index >= 15 is 0 Å². The highest BCUT2D eigenvalue weighted by Crippen LogP contribution is 2.32. The third-order valence-electron chi connectivity index (χ3n) is 3.56. The highest BCUT2D eigenvalue weighted by atomic mass is 16.5. The van der Waals surface area contributed by atoms with Crippen molar-refractivity contribution in [2.45, 2.75) is 13.0 Å². The molecule has 0 spiro atoms. The summed E-state index contributed by atoms with van der Waals surface area (Å²) in [5, 5.41) is 2.71. The molecule has 0 radical (unpaired) electrons. The smallest absolute Gasteiger partial charge is 0.256 e. The van der Waals surface area contributed by atoms with E-state index in [4.69, 9.17) is 15.2 Å². The summed E-state index contributed by atoms with van der Waals surface area (Å²) in [5.74, 6) is 0.348. The molecule has 2 amide bonds. The topological polar surface area (TPSA) is 93.9 Å². The number of ether oxygens (including phenoxy) is 2. The summed E-state index contributed by atoms with van der Waals surface area (Å²) < 4.78 is 10.3. The molecule has 1 unspecified atom stereocenters. The average Bonchev–Trinajstić information content (AvgIpc) is 2.49. The van der Waals surface area contributed by atoms with Crippen LogP contribution in [0.25, 0.3) is 0 Å². The normalized spacial score (nSPS) is 18.1. The lowest BCUT2D eigenvalue weighted by Gasteiger charge is -2.33. The minimum Gasteiger partial charge on any atom is -0.497 e. The van der Waals surface area contributed by atoms with E-state index in [-0.39, 0.29) is 23.1 Å². The quantitative estimate of drug-likeness (QED) is 0.779. The molecule has 21 heavy (non-hydrogen) atoms. The molecule has 1 aromatic rings. The van der Waals surface area contributed by atoms with Gasteiger partial charge < -0.3 is 25.4 Å². The van der Waals surface area contributed by atoms with Crippen LogP contribution in [-0.2, 0) is 4.79 Å². The number of nitrogens with one attached hydrogen (secondary N) is 1. The summed E-state index contributed by atoms with van der Waals surface area (Å²) in [5.41, 5.74) is 6.49. The number of hydrogen-bond donors (Lipinski definition) is 2. The van der Waals surface area contributed by atoms with Gasteiger partial charge in [0, 0.05) is 19.2 Å². The largest absolute Gasteiger partial charge is 0.497 e. The lowest BCUT2D eigenvalue weighted by Crippen LogP contribution is -2.55. The Bertz CT molecular complexity index is 574. The second-order valence-electron chi connectivity index (χ2n) is 4.76. The van der Waals surface area contributed by atoms with Gasteiger partial charge in [-0.3, -0.25) is 9.59 Å². The third kappa shape index (κ3) is 2.72. The molecule has 1 atom stereocenters. The van der Waals surface area contributed by atoms with Gasteiger partial charge in [0.2, 0.25) is 5.91 Å². The first-order chi connectivity index (χ1) is 9.99.